The second-order valence-electron chi connectivity index (χ2n) is 4.54. The third-order valence-corrected chi connectivity index (χ3v) is 3.33. The summed E-state index contributed by atoms with van der Waals surface area (Å²) in [6.07, 6.45) is 1.63. The fraction of sp³-hybridized carbons (Fsp3) is 0.235. The van der Waals surface area contributed by atoms with Gasteiger partial charge < -0.3 is 4.74 Å². The van der Waals surface area contributed by atoms with Crippen LogP contribution in [0.15, 0.2) is 54.6 Å². The van der Waals surface area contributed by atoms with E-state index in [1.54, 1.807) is 0 Å². The molecule has 3 heteroatoms. The predicted molar refractivity (Wildman–Crippen MR) is 81.0 cm³/mol. The summed E-state index contributed by atoms with van der Waals surface area (Å²) in [6.45, 7) is 0.621. The second-order valence-corrected chi connectivity index (χ2v) is 4.97. The van der Waals surface area contributed by atoms with Crippen LogP contribution in [0.4, 0.5) is 0 Å². The average Bonchev–Trinajstić information content (AvgIpc) is 2.50. The molecule has 102 valence electrons. The minimum atomic E-state index is -0.105. The maximum atomic E-state index is 9.24. The number of hydrogen-bond donors (Lipinski definition) is 0. The summed E-state index contributed by atoms with van der Waals surface area (Å²) in [5.41, 5.74) is 1.01. The van der Waals surface area contributed by atoms with Crippen molar-refractivity contribution in [3.8, 4) is 11.8 Å². The molecular weight excluding hydrogens is 270 g/mol. The normalized spacial score (nSPS) is 11.6. The largest absolute Gasteiger partial charge is 0.494 e. The Balaban J connectivity index is 1.80. The van der Waals surface area contributed by atoms with Crippen LogP contribution in [0, 0.1) is 11.3 Å². The van der Waals surface area contributed by atoms with Crippen LogP contribution in [0.1, 0.15) is 24.3 Å². The zero-order valence-corrected chi connectivity index (χ0v) is 11.9. The lowest BCUT2D eigenvalue weighted by molar-refractivity contribution is 0.305. The predicted octanol–water partition coefficient (Wildman–Crippen LogP) is 4.81. The van der Waals surface area contributed by atoms with Crippen molar-refractivity contribution in [2.24, 2.45) is 0 Å². The number of nitrogens with zero attached hydrogens (tertiary/aromatic N) is 1. The molecule has 0 aliphatic carbocycles. The van der Waals surface area contributed by atoms with Gasteiger partial charge in [-0.25, -0.2) is 0 Å². The summed E-state index contributed by atoms with van der Waals surface area (Å²) in [4.78, 5) is 0. The first-order chi connectivity index (χ1) is 9.79. The Kier molecular flexibility index (Phi) is 5.46. The second kappa shape index (κ2) is 7.57. The van der Waals surface area contributed by atoms with E-state index in [-0.39, 0.29) is 5.92 Å². The highest BCUT2D eigenvalue weighted by Gasteiger charge is 2.10. The van der Waals surface area contributed by atoms with Gasteiger partial charge in [-0.2, -0.15) is 5.26 Å². The molecule has 2 rings (SSSR count). The van der Waals surface area contributed by atoms with Crippen LogP contribution in [-0.2, 0) is 0 Å². The molecule has 0 heterocycles. The van der Waals surface area contributed by atoms with Gasteiger partial charge in [0.05, 0.1) is 18.6 Å². The summed E-state index contributed by atoms with van der Waals surface area (Å²) in [5.74, 6) is 0.763. The molecule has 20 heavy (non-hydrogen) atoms. The SMILES string of the molecule is N#CC(CCCOc1ccccc1)c1ccc(Cl)cc1. The van der Waals surface area contributed by atoms with Gasteiger partial charge in [-0.15, -0.1) is 0 Å². The van der Waals surface area contributed by atoms with Gasteiger partial charge in [-0.3, -0.25) is 0 Å². The molecule has 0 aromatic heterocycles. The fourth-order valence-corrected chi connectivity index (χ4v) is 2.12. The van der Waals surface area contributed by atoms with E-state index in [4.69, 9.17) is 16.3 Å². The van der Waals surface area contributed by atoms with Crippen LogP contribution in [0.25, 0.3) is 0 Å². The van der Waals surface area contributed by atoms with Gasteiger partial charge >= 0.3 is 0 Å². The highest BCUT2D eigenvalue weighted by Crippen LogP contribution is 2.22. The number of nitriles is 1. The van der Waals surface area contributed by atoms with Crippen LogP contribution in [0.2, 0.25) is 5.02 Å². The maximum Gasteiger partial charge on any atom is 0.119 e. The molecule has 0 amide bonds. The van der Waals surface area contributed by atoms with Crippen LogP contribution < -0.4 is 4.74 Å². The molecule has 2 aromatic rings. The number of ether oxygens (including phenoxy) is 1. The molecule has 0 N–H and O–H groups in total. The molecule has 2 nitrogen and oxygen atoms in total. The molecule has 0 aliphatic heterocycles. The monoisotopic (exact) mass is 285 g/mol. The molecular formula is C17H16ClNO. The van der Waals surface area contributed by atoms with E-state index in [0.29, 0.717) is 11.6 Å². The molecule has 0 radical (unpaired) electrons. The molecule has 1 unspecified atom stereocenters. The molecule has 2 aromatic carbocycles. The summed E-state index contributed by atoms with van der Waals surface area (Å²) in [5, 5.41) is 9.93. The summed E-state index contributed by atoms with van der Waals surface area (Å²) in [6, 6.07) is 19.5. The van der Waals surface area contributed by atoms with E-state index in [1.165, 1.54) is 0 Å². The Morgan fingerprint density at radius 1 is 1.05 bits per heavy atom. The standard InChI is InChI=1S/C17H16ClNO/c18-16-10-8-14(9-11-16)15(13-19)5-4-12-20-17-6-2-1-3-7-17/h1-3,6-11,15H,4-5,12H2. The Labute approximate surface area is 124 Å². The van der Waals surface area contributed by atoms with Crippen molar-refractivity contribution in [2.75, 3.05) is 6.61 Å². The van der Waals surface area contributed by atoms with Crippen LogP contribution >= 0.6 is 11.6 Å². The molecule has 1 atom stereocenters. The Bertz CT molecular complexity index is 560. The highest BCUT2D eigenvalue weighted by atomic mass is 35.5. The van der Waals surface area contributed by atoms with Crippen molar-refractivity contribution < 1.29 is 4.74 Å². The molecule has 0 aliphatic rings. The fourth-order valence-electron chi connectivity index (χ4n) is 2.00. The number of para-hydroxylation sites is 1. The van der Waals surface area contributed by atoms with Crippen molar-refractivity contribution in [1.29, 1.82) is 5.26 Å². The van der Waals surface area contributed by atoms with Gasteiger partial charge in [0.2, 0.25) is 0 Å². The zero-order valence-electron chi connectivity index (χ0n) is 11.1. The molecule has 0 saturated heterocycles. The number of benzene rings is 2. The summed E-state index contributed by atoms with van der Waals surface area (Å²) >= 11 is 5.85. The van der Waals surface area contributed by atoms with Crippen molar-refractivity contribution >= 4 is 11.6 Å². The maximum absolute atomic E-state index is 9.24. The van der Waals surface area contributed by atoms with Crippen molar-refractivity contribution in [2.45, 2.75) is 18.8 Å². The minimum Gasteiger partial charge on any atom is -0.494 e. The van der Waals surface area contributed by atoms with E-state index in [2.05, 4.69) is 6.07 Å². The number of halogens is 1. The van der Waals surface area contributed by atoms with Gasteiger partial charge in [0.25, 0.3) is 0 Å². The average molecular weight is 286 g/mol. The van der Waals surface area contributed by atoms with Crippen molar-refractivity contribution in [1.82, 2.24) is 0 Å². The van der Waals surface area contributed by atoms with E-state index >= 15 is 0 Å². The molecule has 0 spiro atoms. The van der Waals surface area contributed by atoms with E-state index in [1.807, 2.05) is 54.6 Å². The Morgan fingerprint density at radius 2 is 1.75 bits per heavy atom. The Hall–Kier alpha value is -1.98. The molecule has 0 bridgehead atoms. The van der Waals surface area contributed by atoms with Crippen molar-refractivity contribution in [3.05, 3.63) is 65.2 Å². The van der Waals surface area contributed by atoms with Gasteiger partial charge in [-0.05, 0) is 42.7 Å². The molecule has 0 fully saturated rings. The lowest BCUT2D eigenvalue weighted by Crippen LogP contribution is -2.02. The van der Waals surface area contributed by atoms with E-state index in [0.717, 1.165) is 24.2 Å². The summed E-state index contributed by atoms with van der Waals surface area (Å²) in [7, 11) is 0. The first-order valence-corrected chi connectivity index (χ1v) is 7.00. The van der Waals surface area contributed by atoms with Gasteiger partial charge in [0.15, 0.2) is 0 Å². The quantitative estimate of drug-likeness (QED) is 0.714. The van der Waals surface area contributed by atoms with Crippen LogP contribution in [0.5, 0.6) is 5.75 Å². The van der Waals surface area contributed by atoms with Crippen LogP contribution in [-0.4, -0.2) is 6.61 Å². The topological polar surface area (TPSA) is 33.0 Å². The summed E-state index contributed by atoms with van der Waals surface area (Å²) < 4.78 is 5.63. The van der Waals surface area contributed by atoms with E-state index < -0.39 is 0 Å². The first kappa shape index (κ1) is 14.4. The zero-order chi connectivity index (χ0) is 14.2. The van der Waals surface area contributed by atoms with Gasteiger partial charge in [0.1, 0.15) is 5.75 Å². The third kappa shape index (κ3) is 4.29. The highest BCUT2D eigenvalue weighted by molar-refractivity contribution is 6.30. The van der Waals surface area contributed by atoms with Crippen molar-refractivity contribution in [3.63, 3.8) is 0 Å². The smallest absolute Gasteiger partial charge is 0.119 e. The first-order valence-electron chi connectivity index (χ1n) is 6.62. The number of hydrogen-bond acceptors (Lipinski definition) is 2. The van der Waals surface area contributed by atoms with Gasteiger partial charge in [-0.1, -0.05) is 41.9 Å². The van der Waals surface area contributed by atoms with Crippen LogP contribution in [0.3, 0.4) is 0 Å². The molecule has 0 saturated carbocycles. The Morgan fingerprint density at radius 3 is 2.40 bits per heavy atom. The lowest BCUT2D eigenvalue weighted by Gasteiger charge is -2.10. The number of rotatable bonds is 6. The minimum absolute atomic E-state index is 0.105. The van der Waals surface area contributed by atoms with Gasteiger partial charge in [0, 0.05) is 5.02 Å². The van der Waals surface area contributed by atoms with E-state index in [9.17, 15) is 5.26 Å². The third-order valence-electron chi connectivity index (χ3n) is 3.08. The lowest BCUT2D eigenvalue weighted by atomic mass is 9.96.